The summed E-state index contributed by atoms with van der Waals surface area (Å²) in [5.74, 6) is 3.57. The molecule has 0 bridgehead atoms. The Morgan fingerprint density at radius 3 is 2.86 bits per heavy atom. The predicted molar refractivity (Wildman–Crippen MR) is 60.1 cm³/mol. The molecule has 1 N–H and O–H groups in total. The van der Waals surface area contributed by atoms with E-state index in [1.54, 1.807) is 0 Å². The van der Waals surface area contributed by atoms with E-state index in [0.717, 1.165) is 24.2 Å². The van der Waals surface area contributed by atoms with E-state index in [4.69, 9.17) is 6.42 Å². The average Bonchev–Trinajstić information content (AvgIpc) is 2.20. The largest absolute Gasteiger partial charge is 0.356 e. The molecule has 1 heterocycles. The van der Waals surface area contributed by atoms with Gasteiger partial charge in [0, 0.05) is 6.20 Å². The fourth-order valence-corrected chi connectivity index (χ4v) is 1.22. The summed E-state index contributed by atoms with van der Waals surface area (Å²) in [5.41, 5.74) is 1.16. The molecule has 0 saturated heterocycles. The fourth-order valence-electron chi connectivity index (χ4n) is 1.22. The minimum atomic E-state index is 0.0928. The maximum atomic E-state index is 5.40. The lowest BCUT2D eigenvalue weighted by Crippen LogP contribution is -2.17. The third kappa shape index (κ3) is 3.10. The summed E-state index contributed by atoms with van der Waals surface area (Å²) >= 11 is 0. The molecule has 0 radical (unpaired) electrons. The molecule has 0 saturated carbocycles. The molecule has 74 valence electrons. The van der Waals surface area contributed by atoms with Gasteiger partial charge in [-0.05, 0) is 25.0 Å². The minimum Gasteiger partial charge on any atom is -0.356 e. The highest BCUT2D eigenvalue weighted by atomic mass is 15.0. The van der Waals surface area contributed by atoms with E-state index in [1.807, 2.05) is 25.3 Å². The molecule has 14 heavy (non-hydrogen) atoms. The van der Waals surface area contributed by atoms with Gasteiger partial charge in [0.05, 0.1) is 6.04 Å². The number of pyridine rings is 1. The Bertz CT molecular complexity index is 308. The van der Waals surface area contributed by atoms with Crippen molar-refractivity contribution in [2.75, 3.05) is 5.32 Å². The van der Waals surface area contributed by atoms with Gasteiger partial charge in [-0.25, -0.2) is 4.98 Å². The van der Waals surface area contributed by atoms with Crippen LogP contribution in [0.4, 0.5) is 5.82 Å². The van der Waals surface area contributed by atoms with Gasteiger partial charge < -0.3 is 5.32 Å². The van der Waals surface area contributed by atoms with Crippen molar-refractivity contribution in [1.82, 2.24) is 4.98 Å². The Hall–Kier alpha value is -1.49. The number of aromatic nitrogens is 1. The zero-order chi connectivity index (χ0) is 10.4. The molecule has 0 fully saturated rings. The third-order valence-corrected chi connectivity index (χ3v) is 2.01. The van der Waals surface area contributed by atoms with Gasteiger partial charge in [0.25, 0.3) is 0 Å². The van der Waals surface area contributed by atoms with Crippen molar-refractivity contribution < 1.29 is 0 Å². The molecule has 0 aromatic carbocycles. The van der Waals surface area contributed by atoms with Crippen LogP contribution >= 0.6 is 0 Å². The third-order valence-electron chi connectivity index (χ3n) is 2.01. The van der Waals surface area contributed by atoms with Crippen LogP contribution in [0.3, 0.4) is 0 Å². The van der Waals surface area contributed by atoms with Crippen LogP contribution in [-0.4, -0.2) is 11.0 Å². The molecule has 0 aliphatic carbocycles. The van der Waals surface area contributed by atoms with Crippen molar-refractivity contribution in [2.45, 2.75) is 32.7 Å². The molecule has 1 atom stereocenters. The first-order valence-electron chi connectivity index (χ1n) is 4.91. The maximum absolute atomic E-state index is 5.40. The highest BCUT2D eigenvalue weighted by molar-refractivity contribution is 5.38. The first-order chi connectivity index (χ1) is 6.76. The van der Waals surface area contributed by atoms with Crippen LogP contribution in [0.2, 0.25) is 0 Å². The van der Waals surface area contributed by atoms with E-state index in [1.165, 1.54) is 0 Å². The lowest BCUT2D eigenvalue weighted by atomic mass is 10.2. The van der Waals surface area contributed by atoms with Crippen LogP contribution in [-0.2, 0) is 0 Å². The van der Waals surface area contributed by atoms with Crippen LogP contribution in [0.25, 0.3) is 0 Å². The van der Waals surface area contributed by atoms with Crippen molar-refractivity contribution >= 4 is 5.82 Å². The molecule has 0 spiro atoms. The molecule has 0 amide bonds. The topological polar surface area (TPSA) is 24.9 Å². The summed E-state index contributed by atoms with van der Waals surface area (Å²) in [6, 6.07) is 4.07. The summed E-state index contributed by atoms with van der Waals surface area (Å²) in [4.78, 5) is 4.24. The Morgan fingerprint density at radius 1 is 1.57 bits per heavy atom. The average molecular weight is 188 g/mol. The SMILES string of the molecule is C#CC(CCC)Nc1ccc(C)cn1. The lowest BCUT2D eigenvalue weighted by molar-refractivity contribution is 0.752. The fraction of sp³-hybridized carbons (Fsp3) is 0.417. The van der Waals surface area contributed by atoms with Crippen LogP contribution in [0.5, 0.6) is 0 Å². The van der Waals surface area contributed by atoms with E-state index in [2.05, 4.69) is 23.1 Å². The second kappa shape index (κ2) is 5.29. The van der Waals surface area contributed by atoms with Gasteiger partial charge in [-0.15, -0.1) is 6.42 Å². The van der Waals surface area contributed by atoms with Crippen molar-refractivity contribution in [3.8, 4) is 12.3 Å². The summed E-state index contributed by atoms with van der Waals surface area (Å²) < 4.78 is 0. The van der Waals surface area contributed by atoms with E-state index in [9.17, 15) is 0 Å². The molecular weight excluding hydrogens is 172 g/mol. The first-order valence-corrected chi connectivity index (χ1v) is 4.91. The number of terminal acetylenes is 1. The summed E-state index contributed by atoms with van der Waals surface area (Å²) in [6.07, 6.45) is 9.29. The van der Waals surface area contributed by atoms with Gasteiger partial charge in [-0.3, -0.25) is 0 Å². The molecule has 2 nitrogen and oxygen atoms in total. The minimum absolute atomic E-state index is 0.0928. The van der Waals surface area contributed by atoms with Crippen molar-refractivity contribution in [3.63, 3.8) is 0 Å². The Kier molecular flexibility index (Phi) is 4.00. The number of aryl methyl sites for hydroxylation is 1. The van der Waals surface area contributed by atoms with Gasteiger partial charge >= 0.3 is 0 Å². The molecule has 0 aliphatic rings. The van der Waals surface area contributed by atoms with E-state index in [-0.39, 0.29) is 6.04 Å². The van der Waals surface area contributed by atoms with Gasteiger partial charge in [0.1, 0.15) is 5.82 Å². The van der Waals surface area contributed by atoms with Crippen molar-refractivity contribution in [3.05, 3.63) is 23.9 Å². The van der Waals surface area contributed by atoms with Gasteiger partial charge in [0.2, 0.25) is 0 Å². The molecule has 1 aromatic rings. The smallest absolute Gasteiger partial charge is 0.126 e. The second-order valence-electron chi connectivity index (χ2n) is 3.37. The molecule has 1 rings (SSSR count). The van der Waals surface area contributed by atoms with E-state index < -0.39 is 0 Å². The van der Waals surface area contributed by atoms with E-state index in [0.29, 0.717) is 0 Å². The summed E-state index contributed by atoms with van der Waals surface area (Å²) in [6.45, 7) is 4.13. The standard InChI is InChI=1S/C12H16N2/c1-4-6-11(5-2)14-12-8-7-10(3)9-13-12/h2,7-9,11H,4,6H2,1,3H3,(H,13,14). The second-order valence-corrected chi connectivity index (χ2v) is 3.37. The van der Waals surface area contributed by atoms with Crippen LogP contribution < -0.4 is 5.32 Å². The Labute approximate surface area is 85.8 Å². The number of hydrogen-bond acceptors (Lipinski definition) is 2. The first kappa shape index (κ1) is 10.6. The molecule has 1 aromatic heterocycles. The number of nitrogens with zero attached hydrogens (tertiary/aromatic N) is 1. The van der Waals surface area contributed by atoms with Crippen molar-refractivity contribution in [2.24, 2.45) is 0 Å². The summed E-state index contributed by atoms with van der Waals surface area (Å²) in [7, 11) is 0. The predicted octanol–water partition coefficient (Wildman–Crippen LogP) is 2.60. The highest BCUT2D eigenvalue weighted by Gasteiger charge is 2.03. The zero-order valence-electron chi connectivity index (χ0n) is 8.75. The van der Waals surface area contributed by atoms with Gasteiger partial charge in [-0.1, -0.05) is 25.3 Å². The van der Waals surface area contributed by atoms with Crippen molar-refractivity contribution in [1.29, 1.82) is 0 Å². The highest BCUT2D eigenvalue weighted by Crippen LogP contribution is 2.07. The Balaban J connectivity index is 2.59. The molecule has 2 heteroatoms. The van der Waals surface area contributed by atoms with Gasteiger partial charge in [0.15, 0.2) is 0 Å². The number of hydrogen-bond donors (Lipinski definition) is 1. The van der Waals surface area contributed by atoms with Gasteiger partial charge in [-0.2, -0.15) is 0 Å². The van der Waals surface area contributed by atoms with E-state index >= 15 is 0 Å². The van der Waals surface area contributed by atoms with Crippen LogP contribution in [0.1, 0.15) is 25.3 Å². The van der Waals surface area contributed by atoms with Crippen LogP contribution in [0, 0.1) is 19.3 Å². The number of anilines is 1. The Morgan fingerprint density at radius 2 is 2.36 bits per heavy atom. The summed E-state index contributed by atoms with van der Waals surface area (Å²) in [5, 5.41) is 3.21. The molecule has 1 unspecified atom stereocenters. The monoisotopic (exact) mass is 188 g/mol. The quantitative estimate of drug-likeness (QED) is 0.735. The molecular formula is C12H16N2. The molecule has 0 aliphatic heterocycles. The van der Waals surface area contributed by atoms with Crippen LogP contribution in [0.15, 0.2) is 18.3 Å². The lowest BCUT2D eigenvalue weighted by Gasteiger charge is -2.12. The number of nitrogens with one attached hydrogen (secondary N) is 1. The normalized spacial score (nSPS) is 11.8. The maximum Gasteiger partial charge on any atom is 0.126 e. The zero-order valence-corrected chi connectivity index (χ0v) is 8.75. The number of rotatable bonds is 4.